The van der Waals surface area contributed by atoms with Crippen molar-refractivity contribution in [2.75, 3.05) is 13.7 Å². The lowest BCUT2D eigenvalue weighted by molar-refractivity contribution is -0.333. The van der Waals surface area contributed by atoms with Crippen LogP contribution in [0.4, 0.5) is 0 Å². The zero-order valence-electron chi connectivity index (χ0n) is 22.3. The van der Waals surface area contributed by atoms with Crippen LogP contribution in [0.25, 0.3) is 0 Å². The van der Waals surface area contributed by atoms with E-state index in [1.54, 1.807) is 44.2 Å². The lowest BCUT2D eigenvalue weighted by atomic mass is 9.46. The first-order valence-electron chi connectivity index (χ1n) is 13.0. The molecule has 204 valence electrons. The molecule has 38 heavy (non-hydrogen) atoms. The molecule has 8 atom stereocenters. The van der Waals surface area contributed by atoms with Gasteiger partial charge in [0, 0.05) is 37.9 Å². The van der Waals surface area contributed by atoms with Crippen LogP contribution in [0.3, 0.4) is 0 Å². The Kier molecular flexibility index (Phi) is 6.40. The fourth-order valence-electron chi connectivity index (χ4n) is 7.21. The van der Waals surface area contributed by atoms with E-state index in [2.05, 4.69) is 0 Å². The molecule has 4 aliphatic rings. The second-order valence-corrected chi connectivity index (χ2v) is 11.5. The zero-order valence-corrected chi connectivity index (χ0v) is 22.3. The van der Waals surface area contributed by atoms with E-state index in [4.69, 9.17) is 18.9 Å². The van der Waals surface area contributed by atoms with Gasteiger partial charge in [-0.05, 0) is 37.0 Å². The number of benzene rings is 1. The fourth-order valence-corrected chi connectivity index (χ4v) is 7.21. The maximum atomic E-state index is 14.2. The summed E-state index contributed by atoms with van der Waals surface area (Å²) in [6.45, 7) is 6.45. The van der Waals surface area contributed by atoms with Crippen LogP contribution < -0.4 is 0 Å². The Labute approximate surface area is 221 Å². The highest BCUT2D eigenvalue weighted by Gasteiger charge is 2.75. The summed E-state index contributed by atoms with van der Waals surface area (Å²) in [4.78, 5) is 53.9. The monoisotopic (exact) mass is 526 g/mol. The van der Waals surface area contributed by atoms with Crippen molar-refractivity contribution in [1.29, 1.82) is 0 Å². The third-order valence-corrected chi connectivity index (χ3v) is 9.46. The molecule has 3 fully saturated rings. The van der Waals surface area contributed by atoms with E-state index >= 15 is 0 Å². The van der Waals surface area contributed by atoms with Gasteiger partial charge in [0.25, 0.3) is 0 Å². The Morgan fingerprint density at radius 1 is 1.16 bits per heavy atom. The van der Waals surface area contributed by atoms with Gasteiger partial charge < -0.3 is 24.1 Å². The molecule has 1 N–H and O–H groups in total. The summed E-state index contributed by atoms with van der Waals surface area (Å²) in [7, 11) is 1.46. The Morgan fingerprint density at radius 2 is 1.84 bits per heavy atom. The smallest absolute Gasteiger partial charge is 0.338 e. The number of carbonyl (C=O) groups excluding carboxylic acids is 4. The van der Waals surface area contributed by atoms with Gasteiger partial charge in [-0.3, -0.25) is 14.4 Å². The zero-order chi connectivity index (χ0) is 27.6. The van der Waals surface area contributed by atoms with Gasteiger partial charge >= 0.3 is 11.9 Å². The van der Waals surface area contributed by atoms with Gasteiger partial charge in [-0.15, -0.1) is 0 Å². The highest BCUT2D eigenvalue weighted by atomic mass is 16.6. The van der Waals surface area contributed by atoms with Gasteiger partial charge in [0.05, 0.1) is 24.2 Å². The van der Waals surface area contributed by atoms with Gasteiger partial charge in [-0.25, -0.2) is 4.79 Å². The van der Waals surface area contributed by atoms with Gasteiger partial charge in [-0.1, -0.05) is 32.0 Å². The Morgan fingerprint density at radius 3 is 2.42 bits per heavy atom. The van der Waals surface area contributed by atoms with Crippen molar-refractivity contribution in [3.05, 3.63) is 47.0 Å². The van der Waals surface area contributed by atoms with Gasteiger partial charge in [0.1, 0.15) is 17.8 Å². The molecule has 1 aromatic rings. The number of hydrogen-bond donors (Lipinski definition) is 1. The van der Waals surface area contributed by atoms with E-state index in [0.29, 0.717) is 12.0 Å². The normalized spacial score (nSPS) is 40.2. The summed E-state index contributed by atoms with van der Waals surface area (Å²) in [6, 6.07) is 8.34. The van der Waals surface area contributed by atoms with Crippen molar-refractivity contribution < 1.29 is 43.2 Å². The van der Waals surface area contributed by atoms with Crippen molar-refractivity contribution in [3.63, 3.8) is 0 Å². The number of aliphatic hydroxyl groups is 1. The van der Waals surface area contributed by atoms with Crippen LogP contribution in [0.15, 0.2) is 41.5 Å². The van der Waals surface area contributed by atoms with Crippen LogP contribution in [0.5, 0.6) is 0 Å². The molecule has 3 aliphatic carbocycles. The van der Waals surface area contributed by atoms with E-state index in [9.17, 15) is 24.3 Å². The van der Waals surface area contributed by atoms with E-state index in [1.807, 2.05) is 6.92 Å². The van der Waals surface area contributed by atoms with E-state index < -0.39 is 70.3 Å². The Hall–Kier alpha value is -2.88. The van der Waals surface area contributed by atoms with Crippen LogP contribution >= 0.6 is 0 Å². The summed E-state index contributed by atoms with van der Waals surface area (Å²) in [6.07, 6.45) is -2.39. The van der Waals surface area contributed by atoms with Crippen molar-refractivity contribution in [2.24, 2.45) is 17.3 Å². The maximum Gasteiger partial charge on any atom is 0.338 e. The predicted molar refractivity (Wildman–Crippen MR) is 133 cm³/mol. The number of ketones is 2. The molecular weight excluding hydrogens is 492 g/mol. The highest BCUT2D eigenvalue weighted by Crippen LogP contribution is 2.62. The van der Waals surface area contributed by atoms with Crippen LogP contribution in [0.2, 0.25) is 0 Å². The number of hydrogen-bond acceptors (Lipinski definition) is 9. The number of fused-ring (bicyclic) bond motifs is 5. The van der Waals surface area contributed by atoms with Crippen LogP contribution in [-0.2, 0) is 33.3 Å². The molecule has 0 radical (unpaired) electrons. The van der Waals surface area contributed by atoms with Crippen molar-refractivity contribution in [1.82, 2.24) is 0 Å². The van der Waals surface area contributed by atoms with Crippen LogP contribution in [0, 0.1) is 17.3 Å². The number of rotatable bonds is 4. The maximum absolute atomic E-state index is 14.2. The highest BCUT2D eigenvalue weighted by molar-refractivity contribution is 6.45. The molecule has 1 aliphatic heterocycles. The molecule has 9 heteroatoms. The third kappa shape index (κ3) is 3.70. The molecule has 1 unspecified atom stereocenters. The SMILES string of the molecule is COC1C[C@]2(O)CC(=C1C)C(=O)C(=O)[C@@]1(C)[C@H]([C@@H]2OC(=O)c2ccccc2)[C@]2(OC(C)=O)CO[C@@H]2C[C@@H]1C. The van der Waals surface area contributed by atoms with Gasteiger partial charge in [0.2, 0.25) is 11.6 Å². The van der Waals surface area contributed by atoms with Crippen LogP contribution in [0.1, 0.15) is 57.3 Å². The standard InChI is InChI=1S/C29H34O9/c1-15-11-21-29(14-36-21,38-17(3)30)23-25(37-26(33)18-9-7-6-8-10-18)28(34)12-19(16(2)20(13-28)35-5)22(31)24(32)27(15,23)4/h6-10,15,20-21,23,25,34H,11-14H2,1-5H3/t15-,20?,21+,23-,25-,27+,28+,29-/m0/s1. The summed E-state index contributed by atoms with van der Waals surface area (Å²) < 4.78 is 23.6. The number of methoxy groups -OCH3 is 1. The molecule has 2 bridgehead atoms. The van der Waals surface area contributed by atoms with Crippen molar-refractivity contribution >= 4 is 23.5 Å². The topological polar surface area (TPSA) is 125 Å². The first-order chi connectivity index (χ1) is 17.9. The molecular formula is C29H34O9. The molecule has 2 saturated carbocycles. The lowest BCUT2D eigenvalue weighted by Gasteiger charge is -2.65. The fraction of sp³-hybridized carbons (Fsp3) is 0.586. The average Bonchev–Trinajstić information content (AvgIpc) is 2.88. The van der Waals surface area contributed by atoms with Crippen LogP contribution in [-0.4, -0.2) is 71.8 Å². The largest absolute Gasteiger partial charge is 0.455 e. The minimum atomic E-state index is -1.79. The molecule has 0 amide bonds. The summed E-state index contributed by atoms with van der Waals surface area (Å²) in [5.74, 6) is -4.08. The second-order valence-electron chi connectivity index (χ2n) is 11.5. The molecule has 9 nitrogen and oxygen atoms in total. The van der Waals surface area contributed by atoms with Crippen molar-refractivity contribution in [2.45, 2.75) is 76.5 Å². The average molecular weight is 527 g/mol. The summed E-state index contributed by atoms with van der Waals surface area (Å²) in [5, 5.41) is 12.4. The lowest BCUT2D eigenvalue weighted by Crippen LogP contribution is -2.79. The first-order valence-corrected chi connectivity index (χ1v) is 13.0. The number of carbonyl (C=O) groups is 4. The van der Waals surface area contributed by atoms with E-state index in [0.717, 1.165) is 0 Å². The minimum absolute atomic E-state index is 0.0235. The van der Waals surface area contributed by atoms with Gasteiger partial charge in [-0.2, -0.15) is 0 Å². The molecule has 1 heterocycles. The number of ether oxygens (including phenoxy) is 4. The number of Topliss-reactive ketones (excluding diaryl/α,β-unsaturated/α-hetero) is 2. The predicted octanol–water partition coefficient (Wildman–Crippen LogP) is 2.58. The molecule has 0 spiro atoms. The minimum Gasteiger partial charge on any atom is -0.455 e. The molecule has 1 saturated heterocycles. The van der Waals surface area contributed by atoms with E-state index in [-0.39, 0.29) is 30.6 Å². The number of esters is 2. The molecule has 1 aromatic carbocycles. The van der Waals surface area contributed by atoms with E-state index in [1.165, 1.54) is 14.0 Å². The van der Waals surface area contributed by atoms with Gasteiger partial charge in [0.15, 0.2) is 5.60 Å². The third-order valence-electron chi connectivity index (χ3n) is 9.46. The quantitative estimate of drug-likeness (QED) is 0.465. The molecule has 0 aromatic heterocycles. The molecule has 5 rings (SSSR count). The Balaban J connectivity index is 1.76. The summed E-state index contributed by atoms with van der Waals surface area (Å²) >= 11 is 0. The second kappa shape index (κ2) is 9.10. The first kappa shape index (κ1) is 26.7. The Bertz CT molecular complexity index is 1220. The summed E-state index contributed by atoms with van der Waals surface area (Å²) in [5.41, 5.74) is -3.55. The van der Waals surface area contributed by atoms with Crippen molar-refractivity contribution in [3.8, 4) is 0 Å².